The first-order chi connectivity index (χ1) is 8.83. The molecule has 0 atom stereocenters. The highest BCUT2D eigenvalue weighted by Crippen LogP contribution is 2.18. The van der Waals surface area contributed by atoms with E-state index in [0.717, 1.165) is 28.1 Å². The van der Waals surface area contributed by atoms with Crippen LogP contribution < -0.4 is 5.32 Å². The maximum Gasteiger partial charge on any atom is 0.134 e. The smallest absolute Gasteiger partial charge is 0.134 e. The highest BCUT2D eigenvalue weighted by molar-refractivity contribution is 5.86. The number of fused-ring (bicyclic) bond motifs is 1. The minimum atomic E-state index is 0.674. The molecule has 18 heavy (non-hydrogen) atoms. The maximum absolute atomic E-state index is 4.45. The third-order valence-electron chi connectivity index (χ3n) is 2.74. The molecule has 0 saturated heterocycles. The molecule has 90 valence electrons. The summed E-state index contributed by atoms with van der Waals surface area (Å²) in [4.78, 5) is 8.67. The quantitative estimate of drug-likeness (QED) is 0.735. The number of aromatic amines is 1. The number of hydrogen-bond donors (Lipinski definition) is 2. The third-order valence-corrected chi connectivity index (χ3v) is 2.74. The van der Waals surface area contributed by atoms with Gasteiger partial charge in [-0.3, -0.25) is 15.1 Å². The summed E-state index contributed by atoms with van der Waals surface area (Å²) >= 11 is 0. The molecule has 3 aromatic rings. The van der Waals surface area contributed by atoms with Crippen LogP contribution in [0.1, 0.15) is 11.4 Å². The van der Waals surface area contributed by atoms with E-state index in [2.05, 4.69) is 25.5 Å². The third kappa shape index (κ3) is 2.02. The molecule has 0 aromatic carbocycles. The Hall–Kier alpha value is -2.43. The minimum absolute atomic E-state index is 0.674. The van der Waals surface area contributed by atoms with Gasteiger partial charge in [0.1, 0.15) is 11.0 Å². The monoisotopic (exact) mass is 239 g/mol. The summed E-state index contributed by atoms with van der Waals surface area (Å²) in [7, 11) is 0. The first-order valence-corrected chi connectivity index (χ1v) is 5.78. The Morgan fingerprint density at radius 3 is 3.11 bits per heavy atom. The largest absolute Gasteiger partial charge is 0.377 e. The van der Waals surface area contributed by atoms with Crippen LogP contribution in [0.15, 0.2) is 36.7 Å². The molecule has 3 aromatic heterocycles. The highest BCUT2D eigenvalue weighted by Gasteiger charge is 2.04. The second kappa shape index (κ2) is 4.44. The average molecular weight is 239 g/mol. The van der Waals surface area contributed by atoms with E-state index in [1.54, 1.807) is 12.4 Å². The van der Waals surface area contributed by atoms with Crippen LogP contribution in [-0.2, 0) is 6.54 Å². The summed E-state index contributed by atoms with van der Waals surface area (Å²) < 4.78 is 0. The molecule has 5 nitrogen and oxygen atoms in total. The number of aromatic nitrogens is 4. The molecule has 0 aliphatic heterocycles. The summed E-state index contributed by atoms with van der Waals surface area (Å²) in [5, 5.41) is 10.3. The fourth-order valence-electron chi connectivity index (χ4n) is 1.88. The number of nitrogens with one attached hydrogen (secondary N) is 2. The maximum atomic E-state index is 4.45. The number of rotatable bonds is 3. The number of H-pyrrole nitrogens is 1. The van der Waals surface area contributed by atoms with E-state index in [4.69, 9.17) is 0 Å². The summed E-state index contributed by atoms with van der Waals surface area (Å²) in [6.45, 7) is 2.66. The zero-order valence-electron chi connectivity index (χ0n) is 10.0. The van der Waals surface area contributed by atoms with Crippen molar-refractivity contribution in [2.75, 3.05) is 5.32 Å². The van der Waals surface area contributed by atoms with Gasteiger partial charge in [-0.1, -0.05) is 6.07 Å². The number of aryl methyl sites for hydroxylation is 1. The van der Waals surface area contributed by atoms with Crippen molar-refractivity contribution in [1.82, 2.24) is 20.2 Å². The van der Waals surface area contributed by atoms with Crippen molar-refractivity contribution in [3.63, 3.8) is 0 Å². The van der Waals surface area contributed by atoms with E-state index < -0.39 is 0 Å². The van der Waals surface area contributed by atoms with Crippen molar-refractivity contribution in [3.05, 3.63) is 48.0 Å². The minimum Gasteiger partial charge on any atom is -0.377 e. The van der Waals surface area contributed by atoms with Crippen LogP contribution in [0.3, 0.4) is 0 Å². The molecular weight excluding hydrogens is 226 g/mol. The lowest BCUT2D eigenvalue weighted by molar-refractivity contribution is 1.01. The zero-order chi connectivity index (χ0) is 12.4. The molecule has 0 aliphatic carbocycles. The lowest BCUT2D eigenvalue weighted by Crippen LogP contribution is -2.02. The van der Waals surface area contributed by atoms with Crippen LogP contribution in [-0.4, -0.2) is 20.2 Å². The highest BCUT2D eigenvalue weighted by atomic mass is 15.1. The Morgan fingerprint density at radius 1 is 1.28 bits per heavy atom. The SMILES string of the molecule is Cc1cccc(CNc2ccnc3c[nH]nc23)n1. The fraction of sp³-hybridized carbons (Fsp3) is 0.154. The van der Waals surface area contributed by atoms with E-state index >= 15 is 0 Å². The summed E-state index contributed by atoms with van der Waals surface area (Å²) in [5.41, 5.74) is 4.70. The van der Waals surface area contributed by atoms with E-state index in [9.17, 15) is 0 Å². The van der Waals surface area contributed by atoms with Crippen molar-refractivity contribution in [1.29, 1.82) is 0 Å². The number of pyridine rings is 2. The van der Waals surface area contributed by atoms with E-state index in [0.29, 0.717) is 6.54 Å². The van der Waals surface area contributed by atoms with Crippen LogP contribution in [0.4, 0.5) is 5.69 Å². The summed E-state index contributed by atoms with van der Waals surface area (Å²) in [6.07, 6.45) is 3.55. The molecule has 2 N–H and O–H groups in total. The van der Waals surface area contributed by atoms with E-state index in [1.165, 1.54) is 0 Å². The second-order valence-corrected chi connectivity index (χ2v) is 4.10. The van der Waals surface area contributed by atoms with E-state index in [-0.39, 0.29) is 0 Å². The van der Waals surface area contributed by atoms with Gasteiger partial charge < -0.3 is 5.32 Å². The van der Waals surface area contributed by atoms with Crippen LogP contribution in [0.25, 0.3) is 11.0 Å². The van der Waals surface area contributed by atoms with Crippen molar-refractivity contribution >= 4 is 16.7 Å². The Kier molecular flexibility index (Phi) is 2.64. The van der Waals surface area contributed by atoms with Gasteiger partial charge in [-0.25, -0.2) is 0 Å². The molecule has 3 rings (SSSR count). The van der Waals surface area contributed by atoms with Crippen LogP contribution in [0.5, 0.6) is 0 Å². The van der Waals surface area contributed by atoms with Crippen molar-refractivity contribution in [3.8, 4) is 0 Å². The van der Waals surface area contributed by atoms with Gasteiger partial charge in [0.2, 0.25) is 0 Å². The van der Waals surface area contributed by atoms with Crippen LogP contribution in [0.2, 0.25) is 0 Å². The number of hydrogen-bond acceptors (Lipinski definition) is 4. The molecule has 5 heteroatoms. The average Bonchev–Trinajstić information content (AvgIpc) is 2.85. The molecule has 0 amide bonds. The standard InChI is InChI=1S/C13H13N5/c1-9-3-2-4-10(17-9)7-15-11-5-6-14-12-8-16-18-13(11)12/h2-6,8H,7H2,1H3,(H,14,15)(H,16,18). The van der Waals surface area contributed by atoms with Crippen LogP contribution >= 0.6 is 0 Å². The Labute approximate surface area is 104 Å². The van der Waals surface area contributed by atoms with Crippen LogP contribution in [0, 0.1) is 6.92 Å². The normalized spacial score (nSPS) is 10.7. The molecule has 0 radical (unpaired) electrons. The Morgan fingerprint density at radius 2 is 2.22 bits per heavy atom. The zero-order valence-corrected chi connectivity index (χ0v) is 10.0. The Balaban J connectivity index is 1.83. The van der Waals surface area contributed by atoms with E-state index in [1.807, 2.05) is 31.2 Å². The summed E-state index contributed by atoms with van der Waals surface area (Å²) in [6, 6.07) is 7.92. The molecular formula is C13H13N5. The van der Waals surface area contributed by atoms with Gasteiger partial charge in [0, 0.05) is 18.1 Å². The fourth-order valence-corrected chi connectivity index (χ4v) is 1.88. The van der Waals surface area contributed by atoms with Gasteiger partial charge in [0.15, 0.2) is 0 Å². The second-order valence-electron chi connectivity index (χ2n) is 4.10. The van der Waals surface area contributed by atoms with Gasteiger partial charge in [-0.15, -0.1) is 0 Å². The molecule has 3 heterocycles. The molecule has 0 spiro atoms. The van der Waals surface area contributed by atoms with Gasteiger partial charge in [0.25, 0.3) is 0 Å². The molecule has 0 aliphatic rings. The van der Waals surface area contributed by atoms with Gasteiger partial charge in [0.05, 0.1) is 17.9 Å². The lowest BCUT2D eigenvalue weighted by atomic mass is 10.3. The summed E-state index contributed by atoms with van der Waals surface area (Å²) in [5.74, 6) is 0. The van der Waals surface area contributed by atoms with Gasteiger partial charge >= 0.3 is 0 Å². The molecule has 0 fully saturated rings. The predicted molar refractivity (Wildman–Crippen MR) is 70.2 cm³/mol. The molecule has 0 unspecified atom stereocenters. The topological polar surface area (TPSA) is 66.5 Å². The first kappa shape index (κ1) is 10.7. The number of nitrogens with zero attached hydrogens (tertiary/aromatic N) is 3. The van der Waals surface area contributed by atoms with Gasteiger partial charge in [-0.2, -0.15) is 5.10 Å². The molecule has 0 bridgehead atoms. The van der Waals surface area contributed by atoms with Crippen molar-refractivity contribution in [2.45, 2.75) is 13.5 Å². The lowest BCUT2D eigenvalue weighted by Gasteiger charge is -2.06. The van der Waals surface area contributed by atoms with Crippen molar-refractivity contribution in [2.24, 2.45) is 0 Å². The predicted octanol–water partition coefficient (Wildman–Crippen LogP) is 2.27. The Bertz CT molecular complexity index is 674. The van der Waals surface area contributed by atoms with Gasteiger partial charge in [-0.05, 0) is 25.1 Å². The first-order valence-electron chi connectivity index (χ1n) is 5.78. The number of anilines is 1. The molecule has 0 saturated carbocycles. The van der Waals surface area contributed by atoms with Crippen molar-refractivity contribution < 1.29 is 0 Å².